The maximum Gasteiger partial charge on any atom is 0.336 e. The lowest BCUT2D eigenvalue weighted by molar-refractivity contribution is -0.121. The molecule has 0 spiro atoms. The van der Waals surface area contributed by atoms with E-state index in [2.05, 4.69) is 5.32 Å². The van der Waals surface area contributed by atoms with Crippen LogP contribution in [0, 0.1) is 3.57 Å². The normalized spacial score (nSPS) is 11.4. The van der Waals surface area contributed by atoms with E-state index in [0.29, 0.717) is 10.1 Å². The molecule has 0 saturated carbocycles. The van der Waals surface area contributed by atoms with Crippen LogP contribution in [0.5, 0.6) is 0 Å². The molecule has 1 aromatic rings. The molecule has 0 saturated heterocycles. The molecule has 0 atom stereocenters. The number of rotatable bonds is 6. The second kappa shape index (κ2) is 7.18. The average Bonchev–Trinajstić information content (AvgIpc) is 2.38. The Labute approximate surface area is 136 Å². The summed E-state index contributed by atoms with van der Waals surface area (Å²) in [7, 11) is -2.65. The van der Waals surface area contributed by atoms with Gasteiger partial charge < -0.3 is 10.4 Å². The Morgan fingerprint density at radius 2 is 2.00 bits per heavy atom. The second-order valence-electron chi connectivity index (χ2n) is 4.16. The van der Waals surface area contributed by atoms with Crippen molar-refractivity contribution in [1.82, 2.24) is 9.62 Å². The summed E-state index contributed by atoms with van der Waals surface area (Å²) in [5.74, 6) is -1.63. The van der Waals surface area contributed by atoms with E-state index >= 15 is 0 Å². The molecule has 0 aliphatic carbocycles. The fourth-order valence-corrected chi connectivity index (χ4v) is 3.27. The highest BCUT2D eigenvalue weighted by Gasteiger charge is 2.24. The van der Waals surface area contributed by atoms with E-state index in [0.717, 1.165) is 10.4 Å². The number of hydrogen-bond donors (Lipinski definition) is 2. The molecule has 21 heavy (non-hydrogen) atoms. The van der Waals surface area contributed by atoms with Crippen LogP contribution in [0.1, 0.15) is 17.3 Å². The van der Waals surface area contributed by atoms with E-state index in [1.807, 2.05) is 22.6 Å². The average molecular weight is 426 g/mol. The summed E-state index contributed by atoms with van der Waals surface area (Å²) < 4.78 is 25.9. The Kier molecular flexibility index (Phi) is 6.10. The molecule has 1 amide bonds. The van der Waals surface area contributed by atoms with Crippen LogP contribution in [0.3, 0.4) is 0 Å². The Bertz CT molecular complexity index is 660. The summed E-state index contributed by atoms with van der Waals surface area (Å²) >= 11 is 1.82. The van der Waals surface area contributed by atoms with Crippen molar-refractivity contribution in [2.75, 3.05) is 20.1 Å². The third-order valence-corrected chi connectivity index (χ3v) is 5.36. The molecule has 9 heteroatoms. The minimum Gasteiger partial charge on any atom is -0.478 e. The van der Waals surface area contributed by atoms with Crippen molar-refractivity contribution >= 4 is 44.5 Å². The van der Waals surface area contributed by atoms with Gasteiger partial charge in [0.2, 0.25) is 15.9 Å². The molecule has 1 aromatic carbocycles. The predicted octanol–water partition coefficient (Wildman–Crippen LogP) is 0.746. The molecule has 0 unspecified atom stereocenters. The number of sulfonamides is 1. The molecule has 0 radical (unpaired) electrons. The van der Waals surface area contributed by atoms with Gasteiger partial charge in [-0.1, -0.05) is 0 Å². The first kappa shape index (κ1) is 17.9. The molecule has 7 nitrogen and oxygen atoms in total. The number of likely N-dealkylation sites (N-methyl/N-ethyl adjacent to an activating group) is 2. The van der Waals surface area contributed by atoms with Gasteiger partial charge in [0.15, 0.2) is 0 Å². The fourth-order valence-electron chi connectivity index (χ4n) is 1.55. The fraction of sp³-hybridized carbons (Fsp3) is 0.333. The number of halogens is 1. The summed E-state index contributed by atoms with van der Waals surface area (Å²) in [5, 5.41) is 11.5. The lowest BCUT2D eigenvalue weighted by atomic mass is 10.2. The number of carbonyl (C=O) groups excluding carboxylic acids is 1. The lowest BCUT2D eigenvalue weighted by Crippen LogP contribution is -2.38. The zero-order chi connectivity index (χ0) is 16.2. The molecule has 0 fully saturated rings. The molecule has 2 N–H and O–H groups in total. The third-order valence-electron chi connectivity index (χ3n) is 2.62. The van der Waals surface area contributed by atoms with Gasteiger partial charge in [-0.2, -0.15) is 4.31 Å². The molecule has 0 bridgehead atoms. The topological polar surface area (TPSA) is 104 Å². The number of amides is 1. The number of benzene rings is 1. The van der Waals surface area contributed by atoms with Gasteiger partial charge in [-0.3, -0.25) is 4.79 Å². The molecule has 0 aliphatic heterocycles. The van der Waals surface area contributed by atoms with E-state index in [9.17, 15) is 18.0 Å². The van der Waals surface area contributed by atoms with Crippen LogP contribution in [0.2, 0.25) is 0 Å². The highest BCUT2D eigenvalue weighted by Crippen LogP contribution is 2.20. The Morgan fingerprint density at radius 1 is 1.38 bits per heavy atom. The number of carboxylic acid groups (broad SMARTS) is 1. The summed E-state index contributed by atoms with van der Waals surface area (Å²) in [5.41, 5.74) is -0.0944. The number of carboxylic acids is 1. The maximum atomic E-state index is 12.3. The number of nitrogens with one attached hydrogen (secondary N) is 1. The first-order chi connectivity index (χ1) is 9.70. The Morgan fingerprint density at radius 3 is 2.52 bits per heavy atom. The smallest absolute Gasteiger partial charge is 0.336 e. The van der Waals surface area contributed by atoms with Gasteiger partial charge in [0.1, 0.15) is 0 Å². The van der Waals surface area contributed by atoms with Gasteiger partial charge in [-0.05, 0) is 47.7 Å². The van der Waals surface area contributed by atoms with Crippen LogP contribution in [-0.4, -0.2) is 49.8 Å². The molecular weight excluding hydrogens is 411 g/mol. The Hall–Kier alpha value is -1.20. The van der Waals surface area contributed by atoms with Gasteiger partial charge in [0.25, 0.3) is 0 Å². The van der Waals surface area contributed by atoms with Crippen molar-refractivity contribution in [3.8, 4) is 0 Å². The zero-order valence-electron chi connectivity index (χ0n) is 11.5. The maximum absolute atomic E-state index is 12.3. The highest BCUT2D eigenvalue weighted by atomic mass is 127. The first-order valence-corrected chi connectivity index (χ1v) is 8.48. The standard InChI is InChI=1S/C12H15IN2O5S/c1-3-14-11(16)7-15(2)21(19,20)8-4-5-10(13)9(6-8)12(17)18/h4-6H,3,7H2,1-2H3,(H,14,16)(H,17,18). The van der Waals surface area contributed by atoms with Crippen LogP contribution >= 0.6 is 22.6 Å². The van der Waals surface area contributed by atoms with E-state index < -0.39 is 21.9 Å². The monoisotopic (exact) mass is 426 g/mol. The van der Waals surface area contributed by atoms with Crippen molar-refractivity contribution < 1.29 is 23.1 Å². The van der Waals surface area contributed by atoms with Crippen LogP contribution in [0.4, 0.5) is 0 Å². The van der Waals surface area contributed by atoms with Crippen molar-refractivity contribution in [3.05, 3.63) is 27.3 Å². The lowest BCUT2D eigenvalue weighted by Gasteiger charge is -2.17. The largest absolute Gasteiger partial charge is 0.478 e. The highest BCUT2D eigenvalue weighted by molar-refractivity contribution is 14.1. The minimum absolute atomic E-state index is 0.0944. The molecule has 0 aliphatic rings. The zero-order valence-corrected chi connectivity index (χ0v) is 14.4. The minimum atomic E-state index is -3.92. The quantitative estimate of drug-likeness (QED) is 0.654. The van der Waals surface area contributed by atoms with Crippen LogP contribution in [0.15, 0.2) is 23.1 Å². The summed E-state index contributed by atoms with van der Waals surface area (Å²) in [6.07, 6.45) is 0. The van der Waals surface area contributed by atoms with Crippen molar-refractivity contribution in [3.63, 3.8) is 0 Å². The predicted molar refractivity (Wildman–Crippen MR) is 84.6 cm³/mol. The van der Waals surface area contributed by atoms with Crippen LogP contribution in [-0.2, 0) is 14.8 Å². The van der Waals surface area contributed by atoms with Gasteiger partial charge >= 0.3 is 5.97 Å². The Balaban J connectivity index is 3.10. The van der Waals surface area contributed by atoms with Crippen LogP contribution < -0.4 is 5.32 Å². The molecule has 0 aromatic heterocycles. The van der Waals surface area contributed by atoms with Gasteiger partial charge in [-0.25, -0.2) is 13.2 Å². The van der Waals surface area contributed by atoms with Gasteiger partial charge in [0.05, 0.1) is 17.0 Å². The second-order valence-corrected chi connectivity index (χ2v) is 7.37. The van der Waals surface area contributed by atoms with Crippen molar-refractivity contribution in [1.29, 1.82) is 0 Å². The summed E-state index contributed by atoms with van der Waals surface area (Å²) in [4.78, 5) is 22.3. The van der Waals surface area contributed by atoms with E-state index in [-0.39, 0.29) is 17.0 Å². The summed E-state index contributed by atoms with van der Waals surface area (Å²) in [6, 6.07) is 3.82. The van der Waals surface area contributed by atoms with Gasteiger partial charge in [0, 0.05) is 17.2 Å². The van der Waals surface area contributed by atoms with E-state index in [1.54, 1.807) is 6.92 Å². The first-order valence-electron chi connectivity index (χ1n) is 5.96. The van der Waals surface area contributed by atoms with Crippen molar-refractivity contribution in [2.45, 2.75) is 11.8 Å². The molecule has 0 heterocycles. The molecule has 1 rings (SSSR count). The van der Waals surface area contributed by atoms with Crippen molar-refractivity contribution in [2.24, 2.45) is 0 Å². The van der Waals surface area contributed by atoms with E-state index in [1.165, 1.54) is 19.2 Å². The van der Waals surface area contributed by atoms with Crippen LogP contribution in [0.25, 0.3) is 0 Å². The third kappa shape index (κ3) is 4.38. The molecular formula is C12H15IN2O5S. The number of nitrogens with zero attached hydrogens (tertiary/aromatic N) is 1. The number of hydrogen-bond acceptors (Lipinski definition) is 4. The number of aromatic carboxylic acids is 1. The SMILES string of the molecule is CCNC(=O)CN(C)S(=O)(=O)c1ccc(I)c(C(=O)O)c1. The van der Waals surface area contributed by atoms with E-state index in [4.69, 9.17) is 5.11 Å². The number of carbonyl (C=O) groups is 2. The molecule has 116 valence electrons. The summed E-state index contributed by atoms with van der Waals surface area (Å²) in [6.45, 7) is 1.80. The van der Waals surface area contributed by atoms with Gasteiger partial charge in [-0.15, -0.1) is 0 Å².